The first kappa shape index (κ1) is 19.1. The van der Waals surface area contributed by atoms with Crippen molar-refractivity contribution in [1.82, 2.24) is 20.4 Å². The van der Waals surface area contributed by atoms with Gasteiger partial charge in [-0.05, 0) is 23.5 Å². The second-order valence-electron chi connectivity index (χ2n) is 8.48. The van der Waals surface area contributed by atoms with E-state index in [4.69, 9.17) is 4.52 Å². The Balaban J connectivity index is 1.83. The maximum Gasteiger partial charge on any atom is 0.325 e. The lowest BCUT2D eigenvalue weighted by molar-refractivity contribution is -0.131. The third-order valence-electron chi connectivity index (χ3n) is 4.88. The van der Waals surface area contributed by atoms with Crippen LogP contribution < -0.4 is 5.32 Å². The van der Waals surface area contributed by atoms with Crippen molar-refractivity contribution in [3.8, 4) is 0 Å². The molecular formula is C20H26N4O3. The smallest absolute Gasteiger partial charge is 0.325 e. The number of hydrogen-bond acceptors (Lipinski definition) is 5. The Labute approximate surface area is 159 Å². The zero-order chi connectivity index (χ0) is 20.0. The average Bonchev–Trinajstić information content (AvgIpc) is 3.14. The minimum absolute atomic E-state index is 0.0150. The van der Waals surface area contributed by atoms with Gasteiger partial charge in [-0.2, -0.15) is 4.98 Å². The van der Waals surface area contributed by atoms with Gasteiger partial charge < -0.3 is 9.84 Å². The summed E-state index contributed by atoms with van der Waals surface area (Å²) < 4.78 is 5.16. The van der Waals surface area contributed by atoms with Crippen molar-refractivity contribution in [2.24, 2.45) is 0 Å². The average molecular weight is 370 g/mol. The number of rotatable bonds is 4. The molecule has 144 valence electrons. The fourth-order valence-electron chi connectivity index (χ4n) is 3.05. The Bertz CT molecular complexity index is 864. The van der Waals surface area contributed by atoms with Crippen molar-refractivity contribution in [1.29, 1.82) is 0 Å². The van der Waals surface area contributed by atoms with Crippen LogP contribution in [0.2, 0.25) is 0 Å². The fraction of sp³-hybridized carbons (Fsp3) is 0.500. The Morgan fingerprint density at radius 1 is 1.19 bits per heavy atom. The van der Waals surface area contributed by atoms with Crippen molar-refractivity contribution in [2.45, 2.75) is 65.0 Å². The Morgan fingerprint density at radius 3 is 2.33 bits per heavy atom. The molecule has 1 fully saturated rings. The van der Waals surface area contributed by atoms with E-state index in [-0.39, 0.29) is 23.8 Å². The first-order valence-electron chi connectivity index (χ1n) is 9.10. The van der Waals surface area contributed by atoms with Crippen LogP contribution in [-0.4, -0.2) is 27.0 Å². The van der Waals surface area contributed by atoms with Gasteiger partial charge in [0.05, 0.1) is 6.54 Å². The topological polar surface area (TPSA) is 88.3 Å². The number of hydrogen-bond donors (Lipinski definition) is 1. The predicted molar refractivity (Wildman–Crippen MR) is 100.0 cm³/mol. The van der Waals surface area contributed by atoms with Crippen LogP contribution in [-0.2, 0) is 22.3 Å². The number of imide groups is 1. The Kier molecular flexibility index (Phi) is 4.57. The minimum Gasteiger partial charge on any atom is -0.339 e. The largest absolute Gasteiger partial charge is 0.339 e. The van der Waals surface area contributed by atoms with Gasteiger partial charge in [0.15, 0.2) is 5.82 Å². The molecule has 1 aromatic carbocycles. The Morgan fingerprint density at radius 2 is 1.81 bits per heavy atom. The van der Waals surface area contributed by atoms with Crippen molar-refractivity contribution in [2.75, 3.05) is 0 Å². The van der Waals surface area contributed by atoms with Crippen LogP contribution in [0.1, 0.15) is 70.3 Å². The molecule has 1 N–H and O–H groups in total. The summed E-state index contributed by atoms with van der Waals surface area (Å²) in [5.74, 6) is 0.556. The minimum atomic E-state index is -1.11. The van der Waals surface area contributed by atoms with E-state index in [9.17, 15) is 9.59 Å². The number of benzene rings is 1. The standard InChI is InChI=1S/C20H26N4O3/c1-12(2)16-21-15(23-27-16)11-24-17(25)20(6,22-18(24)26)14-9-7-13(8-10-14)19(3,4)5/h7-10,12H,11H2,1-6H3,(H,22,26). The number of amides is 3. The molecule has 2 aromatic rings. The molecule has 2 heterocycles. The predicted octanol–water partition coefficient (Wildman–Crippen LogP) is 3.46. The molecule has 1 unspecified atom stereocenters. The third kappa shape index (κ3) is 3.46. The first-order chi connectivity index (χ1) is 12.5. The highest BCUT2D eigenvalue weighted by molar-refractivity contribution is 6.07. The summed E-state index contributed by atoms with van der Waals surface area (Å²) in [6, 6.07) is 7.33. The Hall–Kier alpha value is -2.70. The van der Waals surface area contributed by atoms with Gasteiger partial charge in [-0.3, -0.25) is 9.69 Å². The second-order valence-corrected chi connectivity index (χ2v) is 8.48. The third-order valence-corrected chi connectivity index (χ3v) is 4.88. The van der Waals surface area contributed by atoms with Gasteiger partial charge in [-0.15, -0.1) is 0 Å². The lowest BCUT2D eigenvalue weighted by Crippen LogP contribution is -2.40. The fourth-order valence-corrected chi connectivity index (χ4v) is 3.05. The van der Waals surface area contributed by atoms with Gasteiger partial charge in [-0.25, -0.2) is 4.79 Å². The van der Waals surface area contributed by atoms with Crippen molar-refractivity contribution < 1.29 is 14.1 Å². The summed E-state index contributed by atoms with van der Waals surface area (Å²) in [5, 5.41) is 6.67. The van der Waals surface area contributed by atoms with Crippen LogP contribution in [0.15, 0.2) is 28.8 Å². The highest BCUT2D eigenvalue weighted by Crippen LogP contribution is 2.31. The number of aromatic nitrogens is 2. The molecule has 1 aromatic heterocycles. The molecule has 1 aliphatic heterocycles. The van der Waals surface area contributed by atoms with E-state index in [1.54, 1.807) is 6.92 Å². The summed E-state index contributed by atoms with van der Waals surface area (Å²) in [5.41, 5.74) is 0.808. The molecule has 0 radical (unpaired) electrons. The molecule has 0 spiro atoms. The molecule has 7 nitrogen and oxygen atoms in total. The summed E-state index contributed by atoms with van der Waals surface area (Å²) in [6.45, 7) is 12.0. The number of carbonyl (C=O) groups is 2. The van der Waals surface area contributed by atoms with Crippen molar-refractivity contribution in [3.63, 3.8) is 0 Å². The lowest BCUT2D eigenvalue weighted by atomic mass is 9.84. The van der Waals surface area contributed by atoms with E-state index in [0.717, 1.165) is 16.0 Å². The molecule has 1 atom stereocenters. The van der Waals surface area contributed by atoms with Crippen LogP contribution in [0.3, 0.4) is 0 Å². The molecule has 3 amide bonds. The summed E-state index contributed by atoms with van der Waals surface area (Å²) >= 11 is 0. The van der Waals surface area contributed by atoms with Gasteiger partial charge >= 0.3 is 6.03 Å². The molecule has 1 aliphatic rings. The highest BCUT2D eigenvalue weighted by Gasteiger charge is 2.49. The highest BCUT2D eigenvalue weighted by atomic mass is 16.5. The van der Waals surface area contributed by atoms with E-state index in [1.807, 2.05) is 38.1 Å². The summed E-state index contributed by atoms with van der Waals surface area (Å²) in [4.78, 5) is 30.9. The van der Waals surface area contributed by atoms with Crippen LogP contribution in [0.5, 0.6) is 0 Å². The molecule has 0 saturated carbocycles. The van der Waals surface area contributed by atoms with Gasteiger partial charge in [0, 0.05) is 5.92 Å². The van der Waals surface area contributed by atoms with E-state index in [2.05, 4.69) is 36.2 Å². The molecule has 3 rings (SSSR count). The van der Waals surface area contributed by atoms with Crippen LogP contribution in [0, 0.1) is 0 Å². The summed E-state index contributed by atoms with van der Waals surface area (Å²) in [7, 11) is 0. The molecule has 27 heavy (non-hydrogen) atoms. The van der Waals surface area contributed by atoms with Crippen LogP contribution in [0.25, 0.3) is 0 Å². The van der Waals surface area contributed by atoms with E-state index in [0.29, 0.717) is 11.7 Å². The van der Waals surface area contributed by atoms with Crippen LogP contribution >= 0.6 is 0 Å². The zero-order valence-electron chi connectivity index (χ0n) is 16.7. The monoisotopic (exact) mass is 370 g/mol. The van der Waals surface area contributed by atoms with E-state index >= 15 is 0 Å². The van der Waals surface area contributed by atoms with Gasteiger partial charge in [0.1, 0.15) is 5.54 Å². The normalized spacial score (nSPS) is 20.5. The van der Waals surface area contributed by atoms with Crippen molar-refractivity contribution in [3.05, 3.63) is 47.1 Å². The maximum atomic E-state index is 13.0. The van der Waals surface area contributed by atoms with Crippen LogP contribution in [0.4, 0.5) is 4.79 Å². The molecule has 7 heteroatoms. The van der Waals surface area contributed by atoms with Gasteiger partial charge in [0.2, 0.25) is 5.89 Å². The molecule has 1 saturated heterocycles. The number of urea groups is 1. The van der Waals surface area contributed by atoms with Gasteiger partial charge in [-0.1, -0.05) is 64.0 Å². The second kappa shape index (κ2) is 6.48. The first-order valence-corrected chi connectivity index (χ1v) is 9.10. The van der Waals surface area contributed by atoms with E-state index < -0.39 is 11.6 Å². The quantitative estimate of drug-likeness (QED) is 0.833. The zero-order valence-corrected chi connectivity index (χ0v) is 16.7. The maximum absolute atomic E-state index is 13.0. The SMILES string of the molecule is CC(C)c1nc(CN2C(=O)NC(C)(c3ccc(C(C)(C)C)cc3)C2=O)no1. The molecular weight excluding hydrogens is 344 g/mol. The number of carbonyl (C=O) groups excluding carboxylic acids is 2. The number of nitrogens with zero attached hydrogens (tertiary/aromatic N) is 3. The summed E-state index contributed by atoms with van der Waals surface area (Å²) in [6.07, 6.45) is 0. The van der Waals surface area contributed by atoms with Crippen molar-refractivity contribution >= 4 is 11.9 Å². The van der Waals surface area contributed by atoms with E-state index in [1.165, 1.54) is 0 Å². The lowest BCUT2D eigenvalue weighted by Gasteiger charge is -2.24. The number of nitrogens with one attached hydrogen (secondary N) is 1. The molecule has 0 aliphatic carbocycles. The molecule has 0 bridgehead atoms. The van der Waals surface area contributed by atoms with Gasteiger partial charge in [0.25, 0.3) is 5.91 Å².